The molecule has 0 saturated carbocycles. The van der Waals surface area contributed by atoms with Gasteiger partial charge in [0.25, 0.3) is 0 Å². The van der Waals surface area contributed by atoms with Crippen LogP contribution in [0.25, 0.3) is 0 Å². The van der Waals surface area contributed by atoms with E-state index in [1.165, 1.54) is 0 Å². The van der Waals surface area contributed by atoms with Gasteiger partial charge in [0.1, 0.15) is 0 Å². The summed E-state index contributed by atoms with van der Waals surface area (Å²) in [6, 6.07) is 0. The van der Waals surface area contributed by atoms with E-state index in [4.69, 9.17) is 0 Å². The first kappa shape index (κ1) is 37.1. The van der Waals surface area contributed by atoms with Crippen molar-refractivity contribution in [2.24, 2.45) is 0 Å². The molecule has 0 N–H and O–H groups in total. The van der Waals surface area contributed by atoms with Crippen LogP contribution in [0.3, 0.4) is 0 Å². The van der Waals surface area contributed by atoms with Crippen molar-refractivity contribution < 1.29 is 39.0 Å². The summed E-state index contributed by atoms with van der Waals surface area (Å²) in [5.74, 6) is 0. The third kappa shape index (κ3) is 8.98. The van der Waals surface area contributed by atoms with Crippen molar-refractivity contribution in [3.05, 3.63) is 0 Å². The van der Waals surface area contributed by atoms with Gasteiger partial charge in [0.15, 0.2) is 0 Å². The van der Waals surface area contributed by atoms with E-state index in [1.807, 2.05) is 0 Å². The SMILES string of the molecule is P.[S-2].[Zn+2].[Zn+2]. The van der Waals surface area contributed by atoms with Crippen LogP contribution in [0.4, 0.5) is 0 Å². The van der Waals surface area contributed by atoms with E-state index in [-0.39, 0.29) is 62.4 Å². The van der Waals surface area contributed by atoms with Crippen molar-refractivity contribution >= 4 is 23.4 Å². The van der Waals surface area contributed by atoms with Gasteiger partial charge in [0, 0.05) is 0 Å². The standard InChI is InChI=1S/H3P.S.2Zn/h1H3;;;/q;-2;2*+2. The zero-order valence-corrected chi connectivity index (χ0v) is 10.7. The fourth-order valence-electron chi connectivity index (χ4n) is 0. The predicted octanol–water partition coefficient (Wildman–Crippen LogP) is 0.0507. The Hall–Kier alpha value is 2.03. The molecule has 0 rings (SSSR count). The van der Waals surface area contributed by atoms with Crippen molar-refractivity contribution in [3.63, 3.8) is 0 Å². The average Bonchev–Trinajstić information content (AvgIpc) is 0. The normalized spacial score (nSPS) is 0. The summed E-state index contributed by atoms with van der Waals surface area (Å²) in [5, 5.41) is 0. The van der Waals surface area contributed by atoms with Gasteiger partial charge in [-0.25, -0.2) is 0 Å². The molecule has 0 bridgehead atoms. The van der Waals surface area contributed by atoms with E-state index in [9.17, 15) is 0 Å². The Morgan fingerprint density at radius 3 is 0.750 bits per heavy atom. The molecule has 0 aliphatic rings. The molecule has 4 heavy (non-hydrogen) atoms. The Labute approximate surface area is 62.1 Å². The molecular formula is H3PSZn2+2. The topological polar surface area (TPSA) is 0 Å². The zero-order chi connectivity index (χ0) is 0. The first-order valence-corrected chi connectivity index (χ1v) is 0. The van der Waals surface area contributed by atoms with Gasteiger partial charge in [-0.1, -0.05) is 0 Å². The minimum Gasteiger partial charge on any atom is -2.00 e. The molecule has 0 radical (unpaired) electrons. The first-order chi connectivity index (χ1) is 0. The monoisotopic (exact) mass is 194 g/mol. The summed E-state index contributed by atoms with van der Waals surface area (Å²) >= 11 is 0. The molecule has 0 fully saturated rings. The summed E-state index contributed by atoms with van der Waals surface area (Å²) in [5.41, 5.74) is 0. The molecule has 0 saturated heterocycles. The molecule has 0 nitrogen and oxygen atoms in total. The third-order valence-electron chi connectivity index (χ3n) is 0. The average molecular weight is 197 g/mol. The molecule has 0 aliphatic heterocycles. The summed E-state index contributed by atoms with van der Waals surface area (Å²) in [6.07, 6.45) is 0. The molecule has 0 heterocycles. The van der Waals surface area contributed by atoms with Crippen LogP contribution in [-0.4, -0.2) is 0 Å². The fourth-order valence-corrected chi connectivity index (χ4v) is 0. The molecule has 1 unspecified atom stereocenters. The van der Waals surface area contributed by atoms with Gasteiger partial charge in [-0.15, -0.1) is 0 Å². The van der Waals surface area contributed by atoms with Gasteiger partial charge in [-0.2, -0.15) is 9.90 Å². The summed E-state index contributed by atoms with van der Waals surface area (Å²) in [6.45, 7) is 0. The van der Waals surface area contributed by atoms with Crippen LogP contribution in [0, 0.1) is 0 Å². The number of hydrogen-bond donors (Lipinski definition) is 0. The molecule has 0 aromatic carbocycles. The van der Waals surface area contributed by atoms with Gasteiger partial charge in [0.2, 0.25) is 0 Å². The largest absolute Gasteiger partial charge is 2.00 e. The van der Waals surface area contributed by atoms with Crippen LogP contribution < -0.4 is 0 Å². The van der Waals surface area contributed by atoms with Gasteiger partial charge in [0.05, 0.1) is 0 Å². The van der Waals surface area contributed by atoms with Gasteiger partial charge < -0.3 is 13.5 Å². The smallest absolute Gasteiger partial charge is 2.00 e. The van der Waals surface area contributed by atoms with Crippen molar-refractivity contribution in [2.75, 3.05) is 0 Å². The predicted molar refractivity (Wildman–Crippen MR) is 18.5 cm³/mol. The van der Waals surface area contributed by atoms with Gasteiger partial charge in [-0.05, 0) is 0 Å². The molecule has 0 aromatic heterocycles. The van der Waals surface area contributed by atoms with Gasteiger partial charge in [-0.3, -0.25) is 0 Å². The van der Waals surface area contributed by atoms with E-state index >= 15 is 0 Å². The van der Waals surface area contributed by atoms with Crippen LogP contribution in [0.15, 0.2) is 0 Å². The maximum absolute atomic E-state index is 0. The van der Waals surface area contributed by atoms with E-state index in [2.05, 4.69) is 0 Å². The maximum atomic E-state index is 0. The minimum atomic E-state index is 0. The zero-order valence-electron chi connectivity index (χ0n) is 2.53. The summed E-state index contributed by atoms with van der Waals surface area (Å²) in [4.78, 5) is 0. The molecule has 1 atom stereocenters. The van der Waals surface area contributed by atoms with E-state index in [0.29, 0.717) is 0 Å². The quantitative estimate of drug-likeness (QED) is 0.380. The second-order valence-corrected chi connectivity index (χ2v) is 0. The molecule has 0 amide bonds. The Balaban J connectivity index is 0. The van der Waals surface area contributed by atoms with Crippen LogP contribution in [-0.2, 0) is 52.5 Å². The molecular weight excluding hydrogens is 194 g/mol. The van der Waals surface area contributed by atoms with Crippen molar-refractivity contribution in [1.82, 2.24) is 0 Å². The molecule has 0 spiro atoms. The van der Waals surface area contributed by atoms with Crippen LogP contribution in [0.5, 0.6) is 0 Å². The maximum Gasteiger partial charge on any atom is 2.00 e. The van der Waals surface area contributed by atoms with Crippen LogP contribution in [0.2, 0.25) is 0 Å². The van der Waals surface area contributed by atoms with Crippen molar-refractivity contribution in [3.8, 4) is 0 Å². The van der Waals surface area contributed by atoms with Crippen LogP contribution in [0.1, 0.15) is 0 Å². The van der Waals surface area contributed by atoms with E-state index < -0.39 is 0 Å². The summed E-state index contributed by atoms with van der Waals surface area (Å²) in [7, 11) is 0. The summed E-state index contributed by atoms with van der Waals surface area (Å²) < 4.78 is 0. The Morgan fingerprint density at radius 2 is 0.750 bits per heavy atom. The fraction of sp³-hybridized carbons (Fsp3) is 0. The van der Waals surface area contributed by atoms with E-state index in [1.54, 1.807) is 0 Å². The second-order valence-electron chi connectivity index (χ2n) is 0. The second kappa shape index (κ2) is 19.8. The molecule has 0 aliphatic carbocycles. The molecule has 16 valence electrons. The Kier molecular flexibility index (Phi) is 184. The number of rotatable bonds is 0. The third-order valence-corrected chi connectivity index (χ3v) is 0. The molecule has 4 heteroatoms. The van der Waals surface area contributed by atoms with E-state index in [0.717, 1.165) is 0 Å². The van der Waals surface area contributed by atoms with Gasteiger partial charge >= 0.3 is 39.0 Å². The Bertz CT molecular complexity index is 6.00. The molecule has 0 aromatic rings. The van der Waals surface area contributed by atoms with Crippen LogP contribution >= 0.6 is 9.90 Å². The minimum absolute atomic E-state index is 0. The Morgan fingerprint density at radius 1 is 0.750 bits per heavy atom. The van der Waals surface area contributed by atoms with Crippen molar-refractivity contribution in [2.45, 2.75) is 0 Å². The van der Waals surface area contributed by atoms with Crippen molar-refractivity contribution in [1.29, 1.82) is 0 Å². The first-order valence-electron chi connectivity index (χ1n) is 0. The number of hydrogen-bond acceptors (Lipinski definition) is 0.